The molecule has 1 N–H and O–H groups in total. The lowest BCUT2D eigenvalue weighted by Crippen LogP contribution is -2.29. The molecule has 9 heteroatoms. The lowest BCUT2D eigenvalue weighted by Gasteiger charge is -2.05. The standard InChI is InChI=1S/C12H8F2N2O3S2/c13-8-1-2-10(9(14)7-8)21(18,19)16-11(17)3-4-12-15-5-6-20-12/h1-7H,(H,16,17)/b4-3+. The quantitative estimate of drug-likeness (QED) is 0.869. The zero-order valence-electron chi connectivity index (χ0n) is 10.3. The fourth-order valence-electron chi connectivity index (χ4n) is 1.38. The molecule has 1 aromatic carbocycles. The molecule has 0 aliphatic rings. The van der Waals surface area contributed by atoms with E-state index in [1.807, 2.05) is 0 Å². The van der Waals surface area contributed by atoms with Crippen LogP contribution < -0.4 is 4.72 Å². The van der Waals surface area contributed by atoms with Gasteiger partial charge in [-0.05, 0) is 18.2 Å². The highest BCUT2D eigenvalue weighted by Crippen LogP contribution is 2.15. The molecule has 0 spiro atoms. The minimum atomic E-state index is -4.41. The highest BCUT2D eigenvalue weighted by Gasteiger charge is 2.21. The molecule has 2 rings (SSSR count). The Morgan fingerprint density at radius 1 is 1.33 bits per heavy atom. The maximum absolute atomic E-state index is 13.4. The van der Waals surface area contributed by atoms with Crippen molar-refractivity contribution in [2.75, 3.05) is 0 Å². The van der Waals surface area contributed by atoms with Gasteiger partial charge in [-0.1, -0.05) is 0 Å². The second-order valence-electron chi connectivity index (χ2n) is 3.75. The van der Waals surface area contributed by atoms with Crippen LogP contribution in [0.15, 0.2) is 40.7 Å². The van der Waals surface area contributed by atoms with Crippen LogP contribution in [0.1, 0.15) is 5.01 Å². The fourth-order valence-corrected chi connectivity index (χ4v) is 2.91. The second kappa shape index (κ2) is 6.10. The van der Waals surface area contributed by atoms with Crippen LogP contribution in [-0.4, -0.2) is 19.3 Å². The van der Waals surface area contributed by atoms with Gasteiger partial charge in [-0.2, -0.15) is 0 Å². The fraction of sp³-hybridized carbons (Fsp3) is 0. The lowest BCUT2D eigenvalue weighted by atomic mass is 10.3. The summed E-state index contributed by atoms with van der Waals surface area (Å²) in [6.45, 7) is 0. The third-order valence-corrected chi connectivity index (χ3v) is 4.37. The molecule has 0 saturated carbocycles. The summed E-state index contributed by atoms with van der Waals surface area (Å²) >= 11 is 1.25. The number of carbonyl (C=O) groups excluding carboxylic acids is 1. The lowest BCUT2D eigenvalue weighted by molar-refractivity contribution is -0.114. The summed E-state index contributed by atoms with van der Waals surface area (Å²) < 4.78 is 51.4. The predicted octanol–water partition coefficient (Wildman–Crippen LogP) is 1.94. The topological polar surface area (TPSA) is 76.1 Å². The van der Waals surface area contributed by atoms with E-state index in [2.05, 4.69) is 4.98 Å². The largest absolute Gasteiger partial charge is 0.269 e. The van der Waals surface area contributed by atoms with E-state index in [4.69, 9.17) is 0 Å². The summed E-state index contributed by atoms with van der Waals surface area (Å²) in [5, 5.41) is 2.19. The molecule has 110 valence electrons. The van der Waals surface area contributed by atoms with Crippen molar-refractivity contribution < 1.29 is 22.0 Å². The minimum Gasteiger partial charge on any atom is -0.269 e. The SMILES string of the molecule is O=C(/C=C/c1nccs1)NS(=O)(=O)c1ccc(F)cc1F. The van der Waals surface area contributed by atoms with Crippen LogP contribution in [0.4, 0.5) is 8.78 Å². The number of hydrogen-bond donors (Lipinski definition) is 1. The first-order valence-corrected chi connectivity index (χ1v) is 7.84. The van der Waals surface area contributed by atoms with Crippen LogP contribution in [-0.2, 0) is 14.8 Å². The van der Waals surface area contributed by atoms with Crippen LogP contribution in [0.2, 0.25) is 0 Å². The van der Waals surface area contributed by atoms with E-state index in [-0.39, 0.29) is 0 Å². The number of rotatable bonds is 4. The average Bonchev–Trinajstić information content (AvgIpc) is 2.88. The first kappa shape index (κ1) is 15.3. The van der Waals surface area contributed by atoms with Gasteiger partial charge in [-0.25, -0.2) is 26.9 Å². The maximum Gasteiger partial charge on any atom is 0.267 e. The molecule has 0 saturated heterocycles. The summed E-state index contributed by atoms with van der Waals surface area (Å²) in [4.78, 5) is 14.6. The molecule has 5 nitrogen and oxygen atoms in total. The third-order valence-electron chi connectivity index (χ3n) is 2.25. The number of nitrogens with zero attached hydrogens (tertiary/aromatic N) is 1. The van der Waals surface area contributed by atoms with Crippen molar-refractivity contribution in [3.05, 3.63) is 52.5 Å². The number of thiazole rings is 1. The molecule has 21 heavy (non-hydrogen) atoms. The van der Waals surface area contributed by atoms with Gasteiger partial charge in [0.1, 0.15) is 21.5 Å². The first-order valence-electron chi connectivity index (χ1n) is 5.48. The number of amides is 1. The van der Waals surface area contributed by atoms with Crippen molar-refractivity contribution in [3.63, 3.8) is 0 Å². The second-order valence-corrected chi connectivity index (χ2v) is 6.33. The molecule has 1 heterocycles. The van der Waals surface area contributed by atoms with Gasteiger partial charge in [-0.3, -0.25) is 4.79 Å². The molecule has 2 aromatic rings. The van der Waals surface area contributed by atoms with E-state index in [0.29, 0.717) is 11.1 Å². The molecular weight excluding hydrogens is 322 g/mol. The van der Waals surface area contributed by atoms with Crippen molar-refractivity contribution in [1.29, 1.82) is 0 Å². The van der Waals surface area contributed by atoms with Gasteiger partial charge in [0.15, 0.2) is 0 Å². The summed E-state index contributed by atoms with van der Waals surface area (Å²) in [5.41, 5.74) is 0. The number of halogens is 2. The number of aromatic nitrogens is 1. The molecule has 0 atom stereocenters. The van der Waals surface area contributed by atoms with Gasteiger partial charge in [0.2, 0.25) is 0 Å². The van der Waals surface area contributed by atoms with E-state index in [1.165, 1.54) is 23.6 Å². The number of hydrogen-bond acceptors (Lipinski definition) is 5. The van der Waals surface area contributed by atoms with Crippen LogP contribution in [0.5, 0.6) is 0 Å². The highest BCUT2D eigenvalue weighted by atomic mass is 32.2. The van der Waals surface area contributed by atoms with Crippen LogP contribution >= 0.6 is 11.3 Å². The summed E-state index contributed by atoms with van der Waals surface area (Å²) in [7, 11) is -4.41. The van der Waals surface area contributed by atoms with Crippen molar-refractivity contribution in [1.82, 2.24) is 9.71 Å². The Balaban J connectivity index is 2.15. The minimum absolute atomic E-state index is 0.421. The van der Waals surface area contributed by atoms with Gasteiger partial charge >= 0.3 is 0 Å². The number of benzene rings is 1. The van der Waals surface area contributed by atoms with Gasteiger partial charge in [0, 0.05) is 23.7 Å². The maximum atomic E-state index is 13.4. The molecule has 0 fully saturated rings. The Morgan fingerprint density at radius 3 is 2.71 bits per heavy atom. The van der Waals surface area contributed by atoms with E-state index in [0.717, 1.165) is 18.2 Å². The van der Waals surface area contributed by atoms with Crippen LogP contribution in [0.3, 0.4) is 0 Å². The Hall–Kier alpha value is -2.13. The van der Waals surface area contributed by atoms with E-state index in [1.54, 1.807) is 10.1 Å². The van der Waals surface area contributed by atoms with Gasteiger partial charge < -0.3 is 0 Å². The Kier molecular flexibility index (Phi) is 4.43. The van der Waals surface area contributed by atoms with Crippen molar-refractivity contribution in [3.8, 4) is 0 Å². The normalized spacial score (nSPS) is 11.7. The molecule has 0 aliphatic carbocycles. The van der Waals surface area contributed by atoms with Crippen LogP contribution in [0, 0.1) is 11.6 Å². The smallest absolute Gasteiger partial charge is 0.267 e. The zero-order chi connectivity index (χ0) is 15.5. The summed E-state index contributed by atoms with van der Waals surface area (Å²) in [6.07, 6.45) is 3.79. The predicted molar refractivity (Wildman–Crippen MR) is 72.8 cm³/mol. The zero-order valence-corrected chi connectivity index (χ0v) is 11.9. The molecule has 0 aliphatic heterocycles. The average molecular weight is 330 g/mol. The molecule has 0 radical (unpaired) electrons. The first-order chi connectivity index (χ1) is 9.88. The summed E-state index contributed by atoms with van der Waals surface area (Å²) in [6, 6.07) is 1.95. The Labute approximate surface area is 123 Å². The molecule has 1 amide bonds. The van der Waals surface area contributed by atoms with Crippen molar-refractivity contribution >= 4 is 33.3 Å². The molecular formula is C12H8F2N2O3S2. The highest BCUT2D eigenvalue weighted by molar-refractivity contribution is 7.90. The van der Waals surface area contributed by atoms with E-state index in [9.17, 15) is 22.0 Å². The van der Waals surface area contributed by atoms with Crippen LogP contribution in [0.25, 0.3) is 6.08 Å². The monoisotopic (exact) mass is 330 g/mol. The number of carbonyl (C=O) groups is 1. The van der Waals surface area contributed by atoms with Gasteiger partial charge in [-0.15, -0.1) is 11.3 Å². The number of sulfonamides is 1. The number of nitrogens with one attached hydrogen (secondary N) is 1. The van der Waals surface area contributed by atoms with Gasteiger partial charge in [0.05, 0.1) is 0 Å². The molecule has 1 aromatic heterocycles. The Morgan fingerprint density at radius 2 is 2.10 bits per heavy atom. The van der Waals surface area contributed by atoms with Crippen molar-refractivity contribution in [2.45, 2.75) is 4.90 Å². The summed E-state index contributed by atoms with van der Waals surface area (Å²) in [5.74, 6) is -3.16. The van der Waals surface area contributed by atoms with E-state index < -0.39 is 32.5 Å². The third kappa shape index (κ3) is 3.92. The van der Waals surface area contributed by atoms with Gasteiger partial charge in [0.25, 0.3) is 15.9 Å². The Bertz CT molecular complexity index is 787. The molecule has 0 bridgehead atoms. The molecule has 0 unspecified atom stereocenters. The van der Waals surface area contributed by atoms with E-state index >= 15 is 0 Å². The van der Waals surface area contributed by atoms with Crippen molar-refractivity contribution in [2.24, 2.45) is 0 Å².